The lowest BCUT2D eigenvalue weighted by Crippen LogP contribution is -1.92. The van der Waals surface area contributed by atoms with Crippen molar-refractivity contribution in [2.24, 2.45) is 0 Å². The van der Waals surface area contributed by atoms with E-state index in [1.807, 2.05) is 36.4 Å². The molecule has 0 saturated carbocycles. The van der Waals surface area contributed by atoms with Gasteiger partial charge in [-0.15, -0.1) is 22.9 Å². The highest BCUT2D eigenvalue weighted by Gasteiger charge is 2.16. The smallest absolute Gasteiger partial charge is 0.0934 e. The van der Waals surface area contributed by atoms with Gasteiger partial charge < -0.3 is 0 Å². The normalized spacial score (nSPS) is 12.8. The molecule has 3 rings (SSSR count). The van der Waals surface area contributed by atoms with Crippen LogP contribution in [-0.4, -0.2) is 0 Å². The first-order chi connectivity index (χ1) is 9.16. The first-order valence-corrected chi connectivity index (χ1v) is 8.15. The molecule has 1 atom stereocenters. The second-order valence-corrected chi connectivity index (χ2v) is 7.52. The van der Waals surface area contributed by atoms with Crippen LogP contribution in [0.15, 0.2) is 52.3 Å². The Bertz CT molecular complexity index is 736. The van der Waals surface area contributed by atoms with Gasteiger partial charge in [-0.1, -0.05) is 41.9 Å². The van der Waals surface area contributed by atoms with E-state index in [1.54, 1.807) is 11.3 Å². The number of benzene rings is 2. The van der Waals surface area contributed by atoms with Gasteiger partial charge in [0.1, 0.15) is 0 Å². The molecule has 96 valence electrons. The molecule has 0 N–H and O–H groups in total. The lowest BCUT2D eigenvalue weighted by molar-refractivity contribution is 1.21. The lowest BCUT2D eigenvalue weighted by Gasteiger charge is -2.12. The number of halogens is 3. The van der Waals surface area contributed by atoms with Crippen LogP contribution in [0.2, 0.25) is 5.02 Å². The molecule has 0 aliphatic heterocycles. The number of fused-ring (bicyclic) bond motifs is 1. The molecule has 1 aromatic heterocycles. The van der Waals surface area contributed by atoms with E-state index in [9.17, 15) is 0 Å². The molecular formula is C15H9BrCl2S. The fraction of sp³-hybridized carbons (Fsp3) is 0.0667. The topological polar surface area (TPSA) is 0 Å². The van der Waals surface area contributed by atoms with Gasteiger partial charge in [0.05, 0.1) is 9.16 Å². The van der Waals surface area contributed by atoms with Crippen molar-refractivity contribution in [2.45, 2.75) is 5.38 Å². The fourth-order valence-corrected chi connectivity index (χ4v) is 4.17. The largest absolute Gasteiger partial charge is 0.131 e. The van der Waals surface area contributed by atoms with Crippen molar-refractivity contribution in [3.63, 3.8) is 0 Å². The molecular weight excluding hydrogens is 363 g/mol. The maximum atomic E-state index is 6.62. The molecule has 0 fully saturated rings. The maximum absolute atomic E-state index is 6.62. The van der Waals surface area contributed by atoms with Gasteiger partial charge in [0.25, 0.3) is 0 Å². The highest BCUT2D eigenvalue weighted by atomic mass is 79.9. The minimum atomic E-state index is -0.154. The summed E-state index contributed by atoms with van der Waals surface area (Å²) in [6.07, 6.45) is 0. The van der Waals surface area contributed by atoms with Crippen LogP contribution in [0.1, 0.15) is 15.8 Å². The number of alkyl halides is 1. The van der Waals surface area contributed by atoms with E-state index in [0.29, 0.717) is 0 Å². The molecule has 0 amide bonds. The molecule has 4 heteroatoms. The minimum absolute atomic E-state index is 0.154. The number of thiophene rings is 1. The summed E-state index contributed by atoms with van der Waals surface area (Å²) in [6.45, 7) is 0. The van der Waals surface area contributed by atoms with Crippen LogP contribution in [0.25, 0.3) is 10.8 Å². The Balaban J connectivity index is 2.18. The number of hydrogen-bond donors (Lipinski definition) is 0. The zero-order valence-electron chi connectivity index (χ0n) is 9.74. The predicted octanol–water partition coefficient (Wildman–Crippen LogP) is 6.65. The number of rotatable bonds is 2. The monoisotopic (exact) mass is 370 g/mol. The van der Waals surface area contributed by atoms with Crippen LogP contribution >= 0.6 is 50.5 Å². The van der Waals surface area contributed by atoms with Gasteiger partial charge in [0, 0.05) is 15.3 Å². The molecule has 0 spiro atoms. The third-order valence-electron chi connectivity index (χ3n) is 3.02. The minimum Gasteiger partial charge on any atom is -0.131 e. The second kappa shape index (κ2) is 5.45. The molecule has 0 radical (unpaired) electrons. The van der Waals surface area contributed by atoms with Gasteiger partial charge >= 0.3 is 0 Å². The second-order valence-electron chi connectivity index (χ2n) is 4.19. The third-order valence-corrected chi connectivity index (χ3v) is 5.64. The Morgan fingerprint density at radius 1 is 0.947 bits per heavy atom. The zero-order chi connectivity index (χ0) is 13.4. The summed E-state index contributed by atoms with van der Waals surface area (Å²) in [5, 5.41) is 2.76. The van der Waals surface area contributed by atoms with Gasteiger partial charge in [-0.2, -0.15) is 0 Å². The van der Waals surface area contributed by atoms with Crippen LogP contribution < -0.4 is 0 Å². The van der Waals surface area contributed by atoms with Crippen molar-refractivity contribution < 1.29 is 0 Å². The molecule has 19 heavy (non-hydrogen) atoms. The summed E-state index contributed by atoms with van der Waals surface area (Å²) in [5.41, 5.74) is 1.09. The van der Waals surface area contributed by atoms with Crippen molar-refractivity contribution in [2.75, 3.05) is 0 Å². The summed E-state index contributed by atoms with van der Waals surface area (Å²) in [4.78, 5) is 1.13. The maximum Gasteiger partial charge on any atom is 0.0934 e. The van der Waals surface area contributed by atoms with E-state index < -0.39 is 0 Å². The van der Waals surface area contributed by atoms with Gasteiger partial charge in [-0.25, -0.2) is 0 Å². The third kappa shape index (κ3) is 2.55. The Morgan fingerprint density at radius 3 is 2.37 bits per heavy atom. The Kier molecular flexibility index (Phi) is 3.86. The number of hydrogen-bond acceptors (Lipinski definition) is 1. The van der Waals surface area contributed by atoms with Gasteiger partial charge in [0.2, 0.25) is 0 Å². The van der Waals surface area contributed by atoms with E-state index >= 15 is 0 Å². The van der Waals surface area contributed by atoms with Crippen molar-refractivity contribution in [1.29, 1.82) is 0 Å². The van der Waals surface area contributed by atoms with Crippen LogP contribution in [0, 0.1) is 0 Å². The molecule has 0 bridgehead atoms. The molecule has 0 saturated heterocycles. The van der Waals surface area contributed by atoms with E-state index in [-0.39, 0.29) is 5.38 Å². The summed E-state index contributed by atoms with van der Waals surface area (Å²) < 4.78 is 1.09. The molecule has 1 heterocycles. The average Bonchev–Trinajstić information content (AvgIpc) is 2.86. The Morgan fingerprint density at radius 2 is 1.68 bits per heavy atom. The van der Waals surface area contributed by atoms with Crippen molar-refractivity contribution in [1.82, 2.24) is 0 Å². The molecule has 1 unspecified atom stereocenters. The lowest BCUT2D eigenvalue weighted by atomic mass is 10.0. The first-order valence-electron chi connectivity index (χ1n) is 5.73. The van der Waals surface area contributed by atoms with Gasteiger partial charge in [0.15, 0.2) is 0 Å². The highest BCUT2D eigenvalue weighted by Crippen LogP contribution is 2.39. The van der Waals surface area contributed by atoms with Crippen LogP contribution in [0.5, 0.6) is 0 Å². The summed E-state index contributed by atoms with van der Waals surface area (Å²) in [6, 6.07) is 16.1. The van der Waals surface area contributed by atoms with Crippen LogP contribution in [-0.2, 0) is 0 Å². The van der Waals surface area contributed by atoms with Crippen molar-refractivity contribution in [3.05, 3.63) is 67.8 Å². The standard InChI is InChI=1S/C15H9BrCl2S/c16-14-8-7-13(19-14)15(18)11-5-6-12(17)10-4-2-1-3-9(10)11/h1-8,15H. The SMILES string of the molecule is Clc1ccc(C(Cl)c2ccc(Br)s2)c2ccccc12. The van der Waals surface area contributed by atoms with Crippen LogP contribution in [0.4, 0.5) is 0 Å². The zero-order valence-corrected chi connectivity index (χ0v) is 13.7. The van der Waals surface area contributed by atoms with E-state index in [2.05, 4.69) is 28.1 Å². The average molecular weight is 372 g/mol. The van der Waals surface area contributed by atoms with Gasteiger partial charge in [-0.05, 0) is 45.1 Å². The summed E-state index contributed by atoms with van der Waals surface area (Å²) in [7, 11) is 0. The molecule has 2 aromatic carbocycles. The van der Waals surface area contributed by atoms with Crippen molar-refractivity contribution in [3.8, 4) is 0 Å². The van der Waals surface area contributed by atoms with E-state index in [0.717, 1.165) is 30.0 Å². The molecule has 3 aromatic rings. The quantitative estimate of drug-likeness (QED) is 0.442. The Labute approximate surface area is 134 Å². The highest BCUT2D eigenvalue weighted by molar-refractivity contribution is 9.11. The van der Waals surface area contributed by atoms with Crippen LogP contribution in [0.3, 0.4) is 0 Å². The fourth-order valence-electron chi connectivity index (χ4n) is 2.12. The summed E-state index contributed by atoms with van der Waals surface area (Å²) in [5.74, 6) is 0. The Hall–Kier alpha value is -0.540. The molecule has 0 aliphatic rings. The van der Waals surface area contributed by atoms with Crippen molar-refractivity contribution >= 4 is 61.2 Å². The summed E-state index contributed by atoms with van der Waals surface area (Å²) >= 11 is 18.0. The van der Waals surface area contributed by atoms with Gasteiger partial charge in [-0.3, -0.25) is 0 Å². The molecule has 0 aliphatic carbocycles. The molecule has 0 nitrogen and oxygen atoms in total. The van der Waals surface area contributed by atoms with E-state index in [1.165, 1.54) is 0 Å². The predicted molar refractivity (Wildman–Crippen MR) is 88.7 cm³/mol. The first kappa shape index (κ1) is 13.4. The van der Waals surface area contributed by atoms with E-state index in [4.69, 9.17) is 23.2 Å².